The Morgan fingerprint density at radius 3 is 2.67 bits per heavy atom. The summed E-state index contributed by atoms with van der Waals surface area (Å²) < 4.78 is 28.9. The molecule has 2 atom stereocenters. The number of nitrogens with zero attached hydrogens (tertiary/aromatic N) is 1. The zero-order valence-electron chi connectivity index (χ0n) is 11.1. The quantitative estimate of drug-likeness (QED) is 0.685. The van der Waals surface area contributed by atoms with E-state index in [1.54, 1.807) is 0 Å². The first kappa shape index (κ1) is 14.2. The Labute approximate surface area is 110 Å². The maximum absolute atomic E-state index is 11.8. The van der Waals surface area contributed by atoms with Crippen LogP contribution in [0.3, 0.4) is 0 Å². The molecule has 0 aromatic carbocycles. The van der Waals surface area contributed by atoms with Crippen molar-refractivity contribution in [2.45, 2.75) is 31.8 Å². The molecule has 18 heavy (non-hydrogen) atoms. The third-order valence-corrected chi connectivity index (χ3v) is 5.51. The molecule has 106 valence electrons. The van der Waals surface area contributed by atoms with Crippen LogP contribution in [-0.4, -0.2) is 69.8 Å². The SMILES string of the molecule is CCOCCNC1CS(=O)(=O)CC1N1CCCC1. The Morgan fingerprint density at radius 1 is 1.28 bits per heavy atom. The van der Waals surface area contributed by atoms with Crippen molar-refractivity contribution in [1.82, 2.24) is 10.2 Å². The standard InChI is InChI=1S/C12H24N2O3S/c1-2-17-8-5-13-11-9-18(15,16)10-12(11)14-6-3-4-7-14/h11-13H,2-10H2,1H3. The number of ether oxygens (including phenoxy) is 1. The molecule has 0 aliphatic carbocycles. The van der Waals surface area contributed by atoms with Crippen molar-refractivity contribution in [2.24, 2.45) is 0 Å². The highest BCUT2D eigenvalue weighted by Crippen LogP contribution is 2.22. The lowest BCUT2D eigenvalue weighted by Gasteiger charge is -2.28. The van der Waals surface area contributed by atoms with E-state index in [4.69, 9.17) is 4.74 Å². The molecule has 2 rings (SSSR count). The minimum Gasteiger partial charge on any atom is -0.380 e. The number of hydrogen-bond donors (Lipinski definition) is 1. The summed E-state index contributed by atoms with van der Waals surface area (Å²) in [6.45, 7) is 6.15. The minimum atomic E-state index is -2.87. The van der Waals surface area contributed by atoms with Crippen molar-refractivity contribution in [2.75, 3.05) is 44.4 Å². The first-order chi connectivity index (χ1) is 8.62. The van der Waals surface area contributed by atoms with Gasteiger partial charge >= 0.3 is 0 Å². The predicted molar refractivity (Wildman–Crippen MR) is 71.5 cm³/mol. The molecule has 0 bridgehead atoms. The van der Waals surface area contributed by atoms with Gasteiger partial charge in [-0.1, -0.05) is 0 Å². The molecule has 2 aliphatic heterocycles. The fourth-order valence-corrected chi connectivity index (χ4v) is 4.90. The van der Waals surface area contributed by atoms with E-state index < -0.39 is 9.84 Å². The summed E-state index contributed by atoms with van der Waals surface area (Å²) >= 11 is 0. The van der Waals surface area contributed by atoms with Gasteiger partial charge < -0.3 is 10.1 Å². The van der Waals surface area contributed by atoms with Gasteiger partial charge in [0.25, 0.3) is 0 Å². The van der Waals surface area contributed by atoms with Gasteiger partial charge in [0, 0.05) is 25.2 Å². The summed E-state index contributed by atoms with van der Waals surface area (Å²) in [6.07, 6.45) is 2.39. The molecule has 0 radical (unpaired) electrons. The first-order valence-corrected chi connectivity index (χ1v) is 8.70. The Bertz CT molecular complexity index is 352. The fraction of sp³-hybridized carbons (Fsp3) is 1.00. The largest absolute Gasteiger partial charge is 0.380 e. The lowest BCUT2D eigenvalue weighted by atomic mass is 10.1. The third kappa shape index (κ3) is 3.66. The van der Waals surface area contributed by atoms with Gasteiger partial charge in [0.2, 0.25) is 0 Å². The zero-order valence-corrected chi connectivity index (χ0v) is 11.9. The predicted octanol–water partition coefficient (Wildman–Crippen LogP) is -0.126. The summed E-state index contributed by atoms with van der Waals surface area (Å²) in [5.41, 5.74) is 0. The van der Waals surface area contributed by atoms with Crippen molar-refractivity contribution >= 4 is 9.84 Å². The van der Waals surface area contributed by atoms with Gasteiger partial charge in [-0.05, 0) is 32.9 Å². The highest BCUT2D eigenvalue weighted by atomic mass is 32.2. The molecule has 1 N–H and O–H groups in total. The van der Waals surface area contributed by atoms with Crippen LogP contribution in [0.5, 0.6) is 0 Å². The summed E-state index contributed by atoms with van der Waals surface area (Å²) in [6, 6.07) is 0.243. The van der Waals surface area contributed by atoms with Gasteiger partial charge in [-0.2, -0.15) is 0 Å². The second-order valence-electron chi connectivity index (χ2n) is 5.14. The van der Waals surface area contributed by atoms with E-state index in [1.165, 1.54) is 12.8 Å². The molecule has 2 heterocycles. The number of likely N-dealkylation sites (tertiary alicyclic amines) is 1. The van der Waals surface area contributed by atoms with E-state index >= 15 is 0 Å². The van der Waals surface area contributed by atoms with Crippen LogP contribution in [0.2, 0.25) is 0 Å². The molecule has 6 heteroatoms. The van der Waals surface area contributed by atoms with E-state index in [-0.39, 0.29) is 17.8 Å². The number of rotatable bonds is 6. The zero-order chi connectivity index (χ0) is 13.0. The maximum atomic E-state index is 11.8. The molecular weight excluding hydrogens is 252 g/mol. The van der Waals surface area contributed by atoms with Crippen molar-refractivity contribution < 1.29 is 13.2 Å². The van der Waals surface area contributed by atoms with E-state index in [2.05, 4.69) is 10.2 Å². The van der Waals surface area contributed by atoms with Crippen molar-refractivity contribution in [3.63, 3.8) is 0 Å². The van der Waals surface area contributed by atoms with Crippen LogP contribution in [-0.2, 0) is 14.6 Å². The normalized spacial score (nSPS) is 32.1. The summed E-state index contributed by atoms with van der Waals surface area (Å²) in [5, 5.41) is 3.35. The van der Waals surface area contributed by atoms with Gasteiger partial charge in [-0.3, -0.25) is 4.90 Å². The van der Waals surface area contributed by atoms with Crippen LogP contribution in [0.25, 0.3) is 0 Å². The molecule has 0 amide bonds. The van der Waals surface area contributed by atoms with Crippen molar-refractivity contribution in [3.8, 4) is 0 Å². The molecule has 2 unspecified atom stereocenters. The van der Waals surface area contributed by atoms with Gasteiger partial charge in [0.1, 0.15) is 0 Å². The monoisotopic (exact) mass is 276 g/mol. The lowest BCUT2D eigenvalue weighted by molar-refractivity contribution is 0.142. The first-order valence-electron chi connectivity index (χ1n) is 6.88. The molecule has 0 spiro atoms. The molecule has 2 fully saturated rings. The second-order valence-corrected chi connectivity index (χ2v) is 7.30. The summed E-state index contributed by atoms with van der Waals surface area (Å²) in [7, 11) is -2.87. The second kappa shape index (κ2) is 6.32. The van der Waals surface area contributed by atoms with Crippen LogP contribution in [0, 0.1) is 0 Å². The van der Waals surface area contributed by atoms with Crippen molar-refractivity contribution in [3.05, 3.63) is 0 Å². The number of nitrogens with one attached hydrogen (secondary N) is 1. The third-order valence-electron chi connectivity index (χ3n) is 3.79. The molecule has 0 aromatic rings. The number of sulfone groups is 1. The Morgan fingerprint density at radius 2 is 2.00 bits per heavy atom. The van der Waals surface area contributed by atoms with Gasteiger partial charge in [-0.25, -0.2) is 8.42 Å². The average Bonchev–Trinajstić information content (AvgIpc) is 2.91. The molecular formula is C12H24N2O3S. The molecule has 2 aliphatic rings. The number of hydrogen-bond acceptors (Lipinski definition) is 5. The molecule has 2 saturated heterocycles. The van der Waals surface area contributed by atoms with Crippen LogP contribution < -0.4 is 5.32 Å². The van der Waals surface area contributed by atoms with E-state index in [0.717, 1.165) is 19.6 Å². The lowest BCUT2D eigenvalue weighted by Crippen LogP contribution is -2.49. The minimum absolute atomic E-state index is 0.0774. The van der Waals surface area contributed by atoms with Crippen LogP contribution in [0.15, 0.2) is 0 Å². The van der Waals surface area contributed by atoms with Crippen LogP contribution >= 0.6 is 0 Å². The van der Waals surface area contributed by atoms with Gasteiger partial charge in [0.05, 0.1) is 18.1 Å². The summed E-state index contributed by atoms with van der Waals surface area (Å²) in [4.78, 5) is 2.34. The average molecular weight is 276 g/mol. The molecule has 0 aromatic heterocycles. The van der Waals surface area contributed by atoms with Crippen molar-refractivity contribution in [1.29, 1.82) is 0 Å². The van der Waals surface area contributed by atoms with Crippen LogP contribution in [0.4, 0.5) is 0 Å². The van der Waals surface area contributed by atoms with Gasteiger partial charge in [-0.15, -0.1) is 0 Å². The fourth-order valence-electron chi connectivity index (χ4n) is 2.92. The highest BCUT2D eigenvalue weighted by molar-refractivity contribution is 7.91. The molecule has 0 saturated carbocycles. The maximum Gasteiger partial charge on any atom is 0.153 e. The van der Waals surface area contributed by atoms with Gasteiger partial charge in [0.15, 0.2) is 9.84 Å². The topological polar surface area (TPSA) is 58.6 Å². The Kier molecular flexibility index (Phi) is 5.00. The van der Waals surface area contributed by atoms with E-state index in [1.807, 2.05) is 6.92 Å². The van der Waals surface area contributed by atoms with Crippen LogP contribution in [0.1, 0.15) is 19.8 Å². The van der Waals surface area contributed by atoms with E-state index in [9.17, 15) is 8.42 Å². The Balaban J connectivity index is 1.88. The molecule has 5 nitrogen and oxygen atoms in total. The Hall–Kier alpha value is -0.170. The smallest absolute Gasteiger partial charge is 0.153 e. The summed E-state index contributed by atoms with van der Waals surface area (Å²) in [5.74, 6) is 0.597. The van der Waals surface area contributed by atoms with E-state index in [0.29, 0.717) is 19.0 Å². The highest BCUT2D eigenvalue weighted by Gasteiger charge is 2.41.